The van der Waals surface area contributed by atoms with Gasteiger partial charge in [-0.2, -0.15) is 0 Å². The lowest BCUT2D eigenvalue weighted by atomic mass is 10.0. The third kappa shape index (κ3) is 4.30. The Balaban J connectivity index is 1.69. The van der Waals surface area contributed by atoms with Crippen LogP contribution in [0, 0.1) is 0 Å². The van der Waals surface area contributed by atoms with Crippen molar-refractivity contribution in [1.29, 1.82) is 0 Å². The smallest absolute Gasteiger partial charge is 0.337 e. The van der Waals surface area contributed by atoms with E-state index in [0.717, 1.165) is 17.0 Å². The number of methoxy groups -OCH3 is 1. The zero-order valence-corrected chi connectivity index (χ0v) is 17.8. The van der Waals surface area contributed by atoms with Crippen molar-refractivity contribution in [3.05, 3.63) is 77.8 Å². The second-order valence-electron chi connectivity index (χ2n) is 7.17. The topological polar surface area (TPSA) is 87.8 Å². The van der Waals surface area contributed by atoms with Crippen molar-refractivity contribution in [2.75, 3.05) is 20.3 Å². The molecular weight excluding hydrogens is 414 g/mol. The van der Waals surface area contributed by atoms with Crippen LogP contribution in [-0.2, 0) is 4.74 Å². The molecule has 31 heavy (non-hydrogen) atoms. The van der Waals surface area contributed by atoms with Crippen LogP contribution in [-0.4, -0.2) is 46.3 Å². The molecule has 1 saturated heterocycles. The maximum absolute atomic E-state index is 11.9. The number of aliphatic hydroxyl groups is 1. The number of thiocarbonyl (C=S) groups is 1. The molecule has 1 aromatic carbocycles. The van der Waals surface area contributed by atoms with Gasteiger partial charge >= 0.3 is 5.97 Å². The summed E-state index contributed by atoms with van der Waals surface area (Å²) in [6.07, 6.45) is 2.33. The Labute approximate surface area is 185 Å². The molecule has 1 fully saturated rings. The molecule has 2 N–H and O–H groups in total. The average molecular weight is 438 g/mol. The summed E-state index contributed by atoms with van der Waals surface area (Å²) in [5.41, 5.74) is 2.09. The maximum Gasteiger partial charge on any atom is 0.337 e. The van der Waals surface area contributed by atoms with Gasteiger partial charge < -0.3 is 24.5 Å². The SMILES string of the molecule is COC(=O)c1cccc(-c2ccc([C@@H]3[C@H](c4ccccn4)NC(=S)N3CCCO)o2)c1. The van der Waals surface area contributed by atoms with Gasteiger partial charge in [-0.3, -0.25) is 4.98 Å². The zero-order chi connectivity index (χ0) is 21.8. The van der Waals surface area contributed by atoms with Crippen molar-refractivity contribution in [3.63, 3.8) is 0 Å². The van der Waals surface area contributed by atoms with Crippen LogP contribution in [0.3, 0.4) is 0 Å². The van der Waals surface area contributed by atoms with Gasteiger partial charge in [-0.15, -0.1) is 0 Å². The third-order valence-electron chi connectivity index (χ3n) is 5.24. The van der Waals surface area contributed by atoms with Crippen molar-refractivity contribution >= 4 is 23.3 Å². The highest BCUT2D eigenvalue weighted by Gasteiger charge is 2.41. The first-order valence-electron chi connectivity index (χ1n) is 10.00. The first-order valence-corrected chi connectivity index (χ1v) is 10.4. The molecule has 1 aliphatic heterocycles. The Kier molecular flexibility index (Phi) is 6.29. The van der Waals surface area contributed by atoms with Crippen molar-refractivity contribution in [2.24, 2.45) is 0 Å². The average Bonchev–Trinajstić information content (AvgIpc) is 3.42. The fourth-order valence-corrected chi connectivity index (χ4v) is 4.11. The molecule has 2 aromatic heterocycles. The van der Waals surface area contributed by atoms with E-state index in [2.05, 4.69) is 10.3 Å². The zero-order valence-electron chi connectivity index (χ0n) is 17.0. The monoisotopic (exact) mass is 437 g/mol. The number of hydrogen-bond acceptors (Lipinski definition) is 6. The number of ether oxygens (including phenoxy) is 1. The number of rotatable bonds is 7. The van der Waals surface area contributed by atoms with Crippen LogP contribution in [0.15, 0.2) is 65.2 Å². The molecule has 8 heteroatoms. The molecule has 0 spiro atoms. The van der Waals surface area contributed by atoms with E-state index in [4.69, 9.17) is 21.4 Å². The molecule has 2 atom stereocenters. The first-order chi connectivity index (χ1) is 15.1. The van der Waals surface area contributed by atoms with E-state index in [-0.39, 0.29) is 18.7 Å². The second-order valence-corrected chi connectivity index (χ2v) is 7.56. The molecule has 0 amide bonds. The highest BCUT2D eigenvalue weighted by atomic mass is 32.1. The van der Waals surface area contributed by atoms with Crippen molar-refractivity contribution in [1.82, 2.24) is 15.2 Å². The van der Waals surface area contributed by atoms with Crippen LogP contribution in [0.25, 0.3) is 11.3 Å². The van der Waals surface area contributed by atoms with E-state index in [1.165, 1.54) is 7.11 Å². The molecule has 7 nitrogen and oxygen atoms in total. The van der Waals surface area contributed by atoms with E-state index in [0.29, 0.717) is 29.4 Å². The number of nitrogens with one attached hydrogen (secondary N) is 1. The molecule has 3 aromatic rings. The lowest BCUT2D eigenvalue weighted by Crippen LogP contribution is -2.30. The fraction of sp³-hybridized carbons (Fsp3) is 0.261. The van der Waals surface area contributed by atoms with Crippen LogP contribution in [0.5, 0.6) is 0 Å². The number of carbonyl (C=O) groups is 1. The standard InChI is InChI=1S/C23H23N3O4S/c1-29-22(28)16-7-4-6-15(14-16)18-9-10-19(30-18)21-20(17-8-2-3-11-24-17)25-23(31)26(21)12-5-13-27/h2-4,6-11,14,20-21,27H,5,12-13H2,1H3,(H,25,31)/t20-,21+/m0/s1. The van der Waals surface area contributed by atoms with Gasteiger partial charge in [-0.1, -0.05) is 18.2 Å². The molecular formula is C23H23N3O4S. The summed E-state index contributed by atoms with van der Waals surface area (Å²) in [5.74, 6) is 0.962. The van der Waals surface area contributed by atoms with Gasteiger partial charge in [-0.05, 0) is 55.0 Å². The van der Waals surface area contributed by atoms with E-state index >= 15 is 0 Å². The minimum Gasteiger partial charge on any atom is -0.465 e. The Hall–Kier alpha value is -3.23. The minimum atomic E-state index is -0.399. The Bertz CT molecular complexity index is 1070. The highest BCUT2D eigenvalue weighted by molar-refractivity contribution is 7.80. The van der Waals surface area contributed by atoms with Crippen molar-refractivity contribution in [3.8, 4) is 11.3 Å². The van der Waals surface area contributed by atoms with Crippen LogP contribution in [0.1, 0.15) is 40.3 Å². The lowest BCUT2D eigenvalue weighted by Gasteiger charge is -2.25. The summed E-state index contributed by atoms with van der Waals surface area (Å²) >= 11 is 5.58. The summed E-state index contributed by atoms with van der Waals surface area (Å²) < 4.78 is 11.1. The van der Waals surface area contributed by atoms with Gasteiger partial charge in [0.1, 0.15) is 17.6 Å². The van der Waals surface area contributed by atoms with Gasteiger partial charge in [0.05, 0.1) is 24.4 Å². The summed E-state index contributed by atoms with van der Waals surface area (Å²) in [4.78, 5) is 18.4. The summed E-state index contributed by atoms with van der Waals surface area (Å²) in [6, 6.07) is 16.3. The summed E-state index contributed by atoms with van der Waals surface area (Å²) in [5, 5.41) is 13.3. The lowest BCUT2D eigenvalue weighted by molar-refractivity contribution is 0.0601. The molecule has 0 aliphatic carbocycles. The van der Waals surface area contributed by atoms with E-state index in [1.807, 2.05) is 41.3 Å². The number of carbonyl (C=O) groups excluding carboxylic acids is 1. The Morgan fingerprint density at radius 2 is 2.13 bits per heavy atom. The van der Waals surface area contributed by atoms with Gasteiger partial charge in [0.25, 0.3) is 0 Å². The number of benzene rings is 1. The predicted octanol–water partition coefficient (Wildman–Crippen LogP) is 3.48. The third-order valence-corrected chi connectivity index (χ3v) is 5.59. The van der Waals surface area contributed by atoms with Gasteiger partial charge in [0.2, 0.25) is 0 Å². The Morgan fingerprint density at radius 3 is 2.87 bits per heavy atom. The van der Waals surface area contributed by atoms with E-state index in [1.54, 1.807) is 24.4 Å². The number of aliphatic hydroxyl groups excluding tert-OH is 1. The molecule has 0 unspecified atom stereocenters. The van der Waals surface area contributed by atoms with Gasteiger partial charge in [-0.25, -0.2) is 4.79 Å². The molecule has 160 valence electrons. The predicted molar refractivity (Wildman–Crippen MR) is 119 cm³/mol. The number of pyridine rings is 1. The molecule has 1 aliphatic rings. The van der Waals surface area contributed by atoms with Crippen LogP contribution in [0.2, 0.25) is 0 Å². The Morgan fingerprint density at radius 1 is 1.26 bits per heavy atom. The fourth-order valence-electron chi connectivity index (χ4n) is 3.78. The highest BCUT2D eigenvalue weighted by Crippen LogP contribution is 2.40. The molecule has 3 heterocycles. The maximum atomic E-state index is 11.9. The number of esters is 1. The minimum absolute atomic E-state index is 0.0732. The van der Waals surface area contributed by atoms with Gasteiger partial charge in [0, 0.05) is 24.9 Å². The molecule has 0 bridgehead atoms. The molecule has 0 radical (unpaired) electrons. The van der Waals surface area contributed by atoms with E-state index in [9.17, 15) is 9.90 Å². The normalized spacial score (nSPS) is 18.1. The first kappa shape index (κ1) is 21.0. The number of aromatic nitrogens is 1. The summed E-state index contributed by atoms with van der Waals surface area (Å²) in [6.45, 7) is 0.661. The van der Waals surface area contributed by atoms with Crippen LogP contribution in [0.4, 0.5) is 0 Å². The second kappa shape index (κ2) is 9.28. The summed E-state index contributed by atoms with van der Waals surface area (Å²) in [7, 11) is 1.36. The van der Waals surface area contributed by atoms with Gasteiger partial charge in [0.15, 0.2) is 5.11 Å². The number of furan rings is 1. The van der Waals surface area contributed by atoms with Crippen molar-refractivity contribution < 1.29 is 19.1 Å². The largest absolute Gasteiger partial charge is 0.465 e. The number of hydrogen-bond donors (Lipinski definition) is 2. The van der Waals surface area contributed by atoms with Crippen molar-refractivity contribution in [2.45, 2.75) is 18.5 Å². The molecule has 0 saturated carbocycles. The van der Waals surface area contributed by atoms with Crippen LogP contribution >= 0.6 is 12.2 Å². The molecule has 4 rings (SSSR count). The van der Waals surface area contributed by atoms with Crippen LogP contribution < -0.4 is 5.32 Å². The number of nitrogens with zero attached hydrogens (tertiary/aromatic N) is 2. The quantitative estimate of drug-likeness (QED) is 0.429. The van der Waals surface area contributed by atoms with E-state index < -0.39 is 5.97 Å².